The van der Waals surface area contributed by atoms with Crippen LogP contribution < -0.4 is 5.73 Å². The van der Waals surface area contributed by atoms with Gasteiger partial charge in [0.25, 0.3) is 0 Å². The van der Waals surface area contributed by atoms with E-state index >= 15 is 0 Å². The van der Waals surface area contributed by atoms with Crippen molar-refractivity contribution in [3.8, 4) is 0 Å². The van der Waals surface area contributed by atoms with Gasteiger partial charge in [0, 0.05) is 24.2 Å². The molecule has 88 valence electrons. The molecule has 0 spiro atoms. The normalized spacial score (nSPS) is 13.7. The van der Waals surface area contributed by atoms with E-state index in [1.807, 2.05) is 25.1 Å². The Bertz CT molecular complexity index is 327. The lowest BCUT2D eigenvalue weighted by Gasteiger charge is -2.09. The zero-order valence-corrected chi connectivity index (χ0v) is 9.34. The van der Waals surface area contributed by atoms with Crippen molar-refractivity contribution in [2.75, 3.05) is 13.2 Å². The molecule has 0 radical (unpaired) electrons. The van der Waals surface area contributed by atoms with E-state index in [4.69, 9.17) is 15.7 Å². The first-order valence-corrected chi connectivity index (χ1v) is 5.19. The number of nitrogens with zero attached hydrogens (tertiary/aromatic N) is 2. The van der Waals surface area contributed by atoms with Gasteiger partial charge in [0.05, 0.1) is 13.2 Å². The van der Waals surface area contributed by atoms with Crippen LogP contribution >= 0.6 is 0 Å². The fraction of sp³-hybridized carbons (Fsp3) is 0.455. The molecule has 0 bridgehead atoms. The maximum atomic E-state index is 8.44. The maximum absolute atomic E-state index is 8.44. The number of hydrogen-bond acceptors (Lipinski definition) is 4. The summed E-state index contributed by atoms with van der Waals surface area (Å²) in [6.07, 6.45) is 2.53. The zero-order chi connectivity index (χ0) is 11.8. The van der Waals surface area contributed by atoms with Crippen LogP contribution in [0.25, 0.3) is 0 Å². The Labute approximate surface area is 94.9 Å². The Morgan fingerprint density at radius 2 is 2.44 bits per heavy atom. The van der Waals surface area contributed by atoms with Gasteiger partial charge in [-0.05, 0) is 12.1 Å². The molecule has 16 heavy (non-hydrogen) atoms. The summed E-state index contributed by atoms with van der Waals surface area (Å²) in [6.45, 7) is 2.87. The molecule has 1 heterocycles. The minimum Gasteiger partial charge on any atom is -0.409 e. The minimum absolute atomic E-state index is 0.0752. The van der Waals surface area contributed by atoms with Gasteiger partial charge in [-0.3, -0.25) is 4.98 Å². The number of hydrogen-bond donors (Lipinski definition) is 2. The van der Waals surface area contributed by atoms with E-state index in [9.17, 15) is 0 Å². The summed E-state index contributed by atoms with van der Waals surface area (Å²) in [4.78, 5) is 4.18. The number of amidine groups is 1. The van der Waals surface area contributed by atoms with Crippen molar-refractivity contribution < 1.29 is 9.94 Å². The van der Waals surface area contributed by atoms with Crippen LogP contribution in [-0.4, -0.2) is 29.2 Å². The van der Waals surface area contributed by atoms with Gasteiger partial charge in [0.1, 0.15) is 5.84 Å². The van der Waals surface area contributed by atoms with Crippen molar-refractivity contribution in [1.29, 1.82) is 0 Å². The van der Waals surface area contributed by atoms with Crippen LogP contribution in [0.1, 0.15) is 12.6 Å². The second-order valence-electron chi connectivity index (χ2n) is 3.57. The van der Waals surface area contributed by atoms with E-state index in [2.05, 4.69) is 10.1 Å². The molecule has 0 amide bonds. The Hall–Kier alpha value is -1.62. The molecule has 0 aliphatic carbocycles. The van der Waals surface area contributed by atoms with Crippen molar-refractivity contribution in [1.82, 2.24) is 4.98 Å². The molecule has 1 unspecified atom stereocenters. The molecule has 0 saturated heterocycles. The lowest BCUT2D eigenvalue weighted by Crippen LogP contribution is -2.25. The fourth-order valence-corrected chi connectivity index (χ4v) is 1.17. The number of oxime groups is 1. The Balaban J connectivity index is 2.17. The van der Waals surface area contributed by atoms with Crippen molar-refractivity contribution in [2.24, 2.45) is 16.8 Å². The summed E-state index contributed by atoms with van der Waals surface area (Å²) in [5.74, 6) is 0.117. The Kier molecular flexibility index (Phi) is 5.28. The van der Waals surface area contributed by atoms with Gasteiger partial charge in [0.2, 0.25) is 0 Å². The van der Waals surface area contributed by atoms with Gasteiger partial charge in [0.15, 0.2) is 0 Å². The predicted molar refractivity (Wildman–Crippen MR) is 61.3 cm³/mol. The van der Waals surface area contributed by atoms with Crippen LogP contribution in [0.2, 0.25) is 0 Å². The molecule has 1 aromatic heterocycles. The lowest BCUT2D eigenvalue weighted by atomic mass is 10.2. The molecule has 0 aromatic carbocycles. The number of rotatable bonds is 6. The first-order valence-electron chi connectivity index (χ1n) is 5.19. The van der Waals surface area contributed by atoms with E-state index in [-0.39, 0.29) is 11.8 Å². The third-order valence-corrected chi connectivity index (χ3v) is 2.22. The largest absolute Gasteiger partial charge is 0.409 e. The third kappa shape index (κ3) is 4.27. The van der Waals surface area contributed by atoms with Gasteiger partial charge in [-0.2, -0.15) is 0 Å². The first kappa shape index (κ1) is 12.4. The second-order valence-corrected chi connectivity index (χ2v) is 3.57. The summed E-state index contributed by atoms with van der Waals surface area (Å²) in [5.41, 5.74) is 6.42. The number of nitrogens with two attached hydrogens (primary N) is 1. The molecule has 3 N–H and O–H groups in total. The van der Waals surface area contributed by atoms with E-state index in [1.54, 1.807) is 6.20 Å². The van der Waals surface area contributed by atoms with E-state index in [0.29, 0.717) is 13.2 Å². The van der Waals surface area contributed by atoms with Crippen molar-refractivity contribution in [3.05, 3.63) is 30.1 Å². The SMILES string of the molecule is CC(COCCc1ccccn1)/C(N)=N/O. The Morgan fingerprint density at radius 3 is 3.06 bits per heavy atom. The highest BCUT2D eigenvalue weighted by Gasteiger charge is 2.07. The van der Waals surface area contributed by atoms with Crippen LogP contribution in [0.5, 0.6) is 0 Å². The van der Waals surface area contributed by atoms with Crippen LogP contribution in [0, 0.1) is 5.92 Å². The monoisotopic (exact) mass is 223 g/mol. The molecule has 1 atom stereocenters. The van der Waals surface area contributed by atoms with Gasteiger partial charge in [-0.15, -0.1) is 0 Å². The highest BCUT2D eigenvalue weighted by atomic mass is 16.5. The third-order valence-electron chi connectivity index (χ3n) is 2.22. The smallest absolute Gasteiger partial charge is 0.144 e. The van der Waals surface area contributed by atoms with Crippen molar-refractivity contribution in [2.45, 2.75) is 13.3 Å². The second kappa shape index (κ2) is 6.79. The fourth-order valence-electron chi connectivity index (χ4n) is 1.17. The molecule has 0 saturated carbocycles. The molecular formula is C11H17N3O2. The van der Waals surface area contributed by atoms with Gasteiger partial charge < -0.3 is 15.7 Å². The average molecular weight is 223 g/mol. The standard InChI is InChI=1S/C11H17N3O2/c1-9(11(12)14-15)8-16-7-5-10-4-2-3-6-13-10/h2-4,6,9,15H,5,7-8H2,1H3,(H2,12,14). The molecule has 1 rings (SSSR count). The van der Waals surface area contributed by atoms with Crippen LogP contribution in [0.3, 0.4) is 0 Å². The summed E-state index contributed by atoms with van der Waals surface area (Å²) in [5, 5.41) is 11.4. The number of ether oxygens (including phenoxy) is 1. The zero-order valence-electron chi connectivity index (χ0n) is 9.34. The van der Waals surface area contributed by atoms with E-state index in [0.717, 1.165) is 12.1 Å². The molecule has 1 aromatic rings. The van der Waals surface area contributed by atoms with Crippen LogP contribution in [-0.2, 0) is 11.2 Å². The maximum Gasteiger partial charge on any atom is 0.144 e. The first-order chi connectivity index (χ1) is 7.74. The van der Waals surface area contributed by atoms with Crippen molar-refractivity contribution in [3.63, 3.8) is 0 Å². The Morgan fingerprint density at radius 1 is 1.62 bits per heavy atom. The molecule has 5 heteroatoms. The predicted octanol–water partition coefficient (Wildman–Crippen LogP) is 1.02. The van der Waals surface area contributed by atoms with E-state index in [1.165, 1.54) is 0 Å². The molecule has 0 fully saturated rings. The topological polar surface area (TPSA) is 80.7 Å². The van der Waals surface area contributed by atoms with E-state index < -0.39 is 0 Å². The van der Waals surface area contributed by atoms with Crippen LogP contribution in [0.4, 0.5) is 0 Å². The molecule has 5 nitrogen and oxygen atoms in total. The summed E-state index contributed by atoms with van der Waals surface area (Å²) in [7, 11) is 0. The highest BCUT2D eigenvalue weighted by Crippen LogP contribution is 1.99. The average Bonchev–Trinajstić information content (AvgIpc) is 2.34. The summed E-state index contributed by atoms with van der Waals surface area (Å²) in [6, 6.07) is 5.78. The number of pyridine rings is 1. The summed E-state index contributed by atoms with van der Waals surface area (Å²) < 4.78 is 5.41. The lowest BCUT2D eigenvalue weighted by molar-refractivity contribution is 0.122. The minimum atomic E-state index is -0.0752. The molecular weight excluding hydrogens is 206 g/mol. The van der Waals surface area contributed by atoms with Gasteiger partial charge >= 0.3 is 0 Å². The van der Waals surface area contributed by atoms with Gasteiger partial charge in [-0.1, -0.05) is 18.1 Å². The van der Waals surface area contributed by atoms with Crippen molar-refractivity contribution >= 4 is 5.84 Å². The molecule has 0 aliphatic rings. The number of aromatic nitrogens is 1. The quantitative estimate of drug-likeness (QED) is 0.248. The summed E-state index contributed by atoms with van der Waals surface area (Å²) >= 11 is 0. The highest BCUT2D eigenvalue weighted by molar-refractivity contribution is 5.81. The molecule has 0 aliphatic heterocycles. The van der Waals surface area contributed by atoms with Crippen LogP contribution in [0.15, 0.2) is 29.6 Å². The van der Waals surface area contributed by atoms with Gasteiger partial charge in [-0.25, -0.2) is 0 Å².